The van der Waals surface area contributed by atoms with E-state index in [1.54, 1.807) is 6.20 Å². The molecule has 3 nitrogen and oxygen atoms in total. The number of hydrogen-bond donors (Lipinski definition) is 0. The smallest absolute Gasteiger partial charge is 0.181 e. The van der Waals surface area contributed by atoms with Gasteiger partial charge in [0.2, 0.25) is 0 Å². The van der Waals surface area contributed by atoms with Gasteiger partial charge in [-0.3, -0.25) is 9.78 Å². The number of ketones is 1. The van der Waals surface area contributed by atoms with Gasteiger partial charge in [0.05, 0.1) is 0 Å². The van der Waals surface area contributed by atoms with Crippen molar-refractivity contribution >= 4 is 11.5 Å². The molecule has 2 aliphatic rings. The van der Waals surface area contributed by atoms with Crippen LogP contribution in [0.3, 0.4) is 0 Å². The lowest BCUT2D eigenvalue weighted by atomic mass is 10.1. The van der Waals surface area contributed by atoms with Crippen LogP contribution in [0.25, 0.3) is 0 Å². The highest BCUT2D eigenvalue weighted by atomic mass is 16.1. The maximum atomic E-state index is 12.0. The van der Waals surface area contributed by atoms with Crippen molar-refractivity contribution in [3.05, 3.63) is 23.5 Å². The Labute approximate surface area is 102 Å². The Morgan fingerprint density at radius 3 is 2.65 bits per heavy atom. The predicted molar refractivity (Wildman–Crippen MR) is 67.6 cm³/mol. The highest BCUT2D eigenvalue weighted by molar-refractivity contribution is 5.97. The lowest BCUT2D eigenvalue weighted by molar-refractivity contribution is 0.0977. The normalized spacial score (nSPS) is 20.2. The summed E-state index contributed by atoms with van der Waals surface area (Å²) in [6.45, 7) is 2.26. The largest absolute Gasteiger partial charge is 0.371 e. The van der Waals surface area contributed by atoms with Crippen LogP contribution >= 0.6 is 0 Å². The molecule has 0 spiro atoms. The van der Waals surface area contributed by atoms with Gasteiger partial charge in [0, 0.05) is 37.0 Å². The van der Waals surface area contributed by atoms with E-state index in [4.69, 9.17) is 0 Å². The topological polar surface area (TPSA) is 33.2 Å². The SMILES string of the molecule is O=C1CCCCc2c(N3CCCC3)ccnc21. The molecule has 90 valence electrons. The Morgan fingerprint density at radius 2 is 1.82 bits per heavy atom. The van der Waals surface area contributed by atoms with Crippen LogP contribution in [0.4, 0.5) is 5.69 Å². The zero-order valence-electron chi connectivity index (χ0n) is 10.1. The van der Waals surface area contributed by atoms with Crippen molar-refractivity contribution in [3.63, 3.8) is 0 Å². The molecule has 0 radical (unpaired) electrons. The summed E-state index contributed by atoms with van der Waals surface area (Å²) in [4.78, 5) is 18.7. The summed E-state index contributed by atoms with van der Waals surface area (Å²) >= 11 is 0. The molecule has 1 aromatic heterocycles. The van der Waals surface area contributed by atoms with E-state index in [-0.39, 0.29) is 5.78 Å². The Kier molecular flexibility index (Phi) is 2.83. The van der Waals surface area contributed by atoms with Crippen molar-refractivity contribution in [2.24, 2.45) is 0 Å². The number of Topliss-reactive ketones (excluding diaryl/α,β-unsaturated/α-hetero) is 1. The molecular formula is C14H18N2O. The second-order valence-electron chi connectivity index (χ2n) is 4.98. The van der Waals surface area contributed by atoms with Crippen molar-refractivity contribution in [1.29, 1.82) is 0 Å². The molecule has 3 heteroatoms. The lowest BCUT2D eigenvalue weighted by Gasteiger charge is -2.21. The molecule has 1 aliphatic carbocycles. The second-order valence-corrected chi connectivity index (χ2v) is 4.98. The maximum Gasteiger partial charge on any atom is 0.181 e. The monoisotopic (exact) mass is 230 g/mol. The molecule has 0 saturated carbocycles. The van der Waals surface area contributed by atoms with E-state index in [9.17, 15) is 4.79 Å². The molecular weight excluding hydrogens is 212 g/mol. The minimum atomic E-state index is 0.235. The minimum Gasteiger partial charge on any atom is -0.371 e. The summed E-state index contributed by atoms with van der Waals surface area (Å²) in [6.07, 6.45) is 8.15. The molecule has 3 rings (SSSR count). The molecule has 0 amide bonds. The zero-order chi connectivity index (χ0) is 11.7. The van der Waals surface area contributed by atoms with Crippen LogP contribution in [-0.2, 0) is 6.42 Å². The third kappa shape index (κ3) is 1.94. The second kappa shape index (κ2) is 4.47. The third-order valence-electron chi connectivity index (χ3n) is 3.82. The van der Waals surface area contributed by atoms with Gasteiger partial charge in [-0.15, -0.1) is 0 Å². The minimum absolute atomic E-state index is 0.235. The molecule has 1 aliphatic heterocycles. The quantitative estimate of drug-likeness (QED) is 0.695. The van der Waals surface area contributed by atoms with Gasteiger partial charge < -0.3 is 4.90 Å². The van der Waals surface area contributed by atoms with Gasteiger partial charge in [0.1, 0.15) is 5.69 Å². The predicted octanol–water partition coefficient (Wildman–Crippen LogP) is 2.59. The first kappa shape index (κ1) is 10.8. The zero-order valence-corrected chi connectivity index (χ0v) is 10.1. The fourth-order valence-corrected chi connectivity index (χ4v) is 2.93. The summed E-state index contributed by atoms with van der Waals surface area (Å²) in [5.74, 6) is 0.235. The fraction of sp³-hybridized carbons (Fsp3) is 0.571. The van der Waals surface area contributed by atoms with Crippen LogP contribution < -0.4 is 4.90 Å². The first-order chi connectivity index (χ1) is 8.36. The van der Waals surface area contributed by atoms with E-state index in [2.05, 4.69) is 16.0 Å². The number of nitrogens with zero attached hydrogens (tertiary/aromatic N) is 2. The average molecular weight is 230 g/mol. The third-order valence-corrected chi connectivity index (χ3v) is 3.82. The van der Waals surface area contributed by atoms with E-state index in [0.717, 1.165) is 38.0 Å². The van der Waals surface area contributed by atoms with Gasteiger partial charge in [0.15, 0.2) is 5.78 Å². The number of fused-ring (bicyclic) bond motifs is 1. The van der Waals surface area contributed by atoms with Crippen molar-refractivity contribution in [2.75, 3.05) is 18.0 Å². The highest BCUT2D eigenvalue weighted by Gasteiger charge is 2.23. The number of anilines is 1. The van der Waals surface area contributed by atoms with Crippen LogP contribution in [0, 0.1) is 0 Å². The molecule has 1 saturated heterocycles. The molecule has 0 N–H and O–H groups in total. The molecule has 0 atom stereocenters. The summed E-state index contributed by atoms with van der Waals surface area (Å²) in [6, 6.07) is 2.09. The van der Waals surface area contributed by atoms with Gasteiger partial charge in [-0.05, 0) is 38.2 Å². The maximum absolute atomic E-state index is 12.0. The number of aromatic nitrogens is 1. The van der Waals surface area contributed by atoms with Gasteiger partial charge in [-0.1, -0.05) is 0 Å². The van der Waals surface area contributed by atoms with Gasteiger partial charge in [-0.25, -0.2) is 0 Å². The molecule has 0 aromatic carbocycles. The fourth-order valence-electron chi connectivity index (χ4n) is 2.93. The van der Waals surface area contributed by atoms with Crippen molar-refractivity contribution in [1.82, 2.24) is 4.98 Å². The van der Waals surface area contributed by atoms with E-state index >= 15 is 0 Å². The Bertz CT molecular complexity index is 436. The molecule has 1 aromatic rings. The standard InChI is InChI=1S/C14H18N2O/c17-13-6-2-1-5-11-12(7-8-15-14(11)13)16-9-3-4-10-16/h7-8H,1-6,9-10H2. The first-order valence-electron chi connectivity index (χ1n) is 6.62. The van der Waals surface area contributed by atoms with Crippen molar-refractivity contribution in [2.45, 2.75) is 38.5 Å². The molecule has 0 bridgehead atoms. The lowest BCUT2D eigenvalue weighted by Crippen LogP contribution is -2.20. The van der Waals surface area contributed by atoms with E-state index in [1.165, 1.54) is 24.1 Å². The molecule has 2 heterocycles. The van der Waals surface area contributed by atoms with Crippen molar-refractivity contribution in [3.8, 4) is 0 Å². The Hall–Kier alpha value is -1.38. The van der Waals surface area contributed by atoms with E-state index in [1.807, 2.05) is 0 Å². The number of carbonyl (C=O) groups is 1. The number of pyridine rings is 1. The summed E-state index contributed by atoms with van der Waals surface area (Å²) < 4.78 is 0. The molecule has 17 heavy (non-hydrogen) atoms. The first-order valence-corrected chi connectivity index (χ1v) is 6.62. The van der Waals surface area contributed by atoms with Crippen LogP contribution in [0.2, 0.25) is 0 Å². The van der Waals surface area contributed by atoms with Gasteiger partial charge >= 0.3 is 0 Å². The van der Waals surface area contributed by atoms with Crippen LogP contribution in [-0.4, -0.2) is 23.9 Å². The Balaban J connectivity index is 2.04. The average Bonchev–Trinajstić information content (AvgIpc) is 2.81. The Morgan fingerprint density at radius 1 is 1.06 bits per heavy atom. The van der Waals surface area contributed by atoms with Crippen LogP contribution in [0.1, 0.15) is 48.2 Å². The highest BCUT2D eigenvalue weighted by Crippen LogP contribution is 2.30. The summed E-state index contributed by atoms with van der Waals surface area (Å²) in [7, 11) is 0. The van der Waals surface area contributed by atoms with Crippen molar-refractivity contribution < 1.29 is 4.79 Å². The van der Waals surface area contributed by atoms with Crippen LogP contribution in [0.5, 0.6) is 0 Å². The molecule has 1 fully saturated rings. The molecule has 0 unspecified atom stereocenters. The number of rotatable bonds is 1. The van der Waals surface area contributed by atoms with Gasteiger partial charge in [0.25, 0.3) is 0 Å². The summed E-state index contributed by atoms with van der Waals surface area (Å²) in [5.41, 5.74) is 3.21. The van der Waals surface area contributed by atoms with Crippen LogP contribution in [0.15, 0.2) is 12.3 Å². The summed E-state index contributed by atoms with van der Waals surface area (Å²) in [5, 5.41) is 0. The number of hydrogen-bond acceptors (Lipinski definition) is 3. The van der Waals surface area contributed by atoms with E-state index in [0.29, 0.717) is 6.42 Å². The van der Waals surface area contributed by atoms with Gasteiger partial charge in [-0.2, -0.15) is 0 Å². The number of carbonyl (C=O) groups excluding carboxylic acids is 1. The van der Waals surface area contributed by atoms with E-state index < -0.39 is 0 Å².